The number of nitrogens with zero attached hydrogens (tertiary/aromatic N) is 5. The van der Waals surface area contributed by atoms with Crippen molar-refractivity contribution in [3.63, 3.8) is 0 Å². The lowest BCUT2D eigenvalue weighted by Crippen LogP contribution is -2.34. The van der Waals surface area contributed by atoms with Crippen LogP contribution in [0.2, 0.25) is 0 Å². The van der Waals surface area contributed by atoms with Crippen LogP contribution in [0.15, 0.2) is 28.3 Å². The quantitative estimate of drug-likeness (QED) is 0.569. The molecule has 2 heterocycles. The molecule has 0 atom stereocenters. The van der Waals surface area contributed by atoms with Gasteiger partial charge >= 0.3 is 0 Å². The first kappa shape index (κ1) is 19.7. The molecule has 1 aromatic heterocycles. The minimum Gasteiger partial charge on any atom is -0.355 e. The van der Waals surface area contributed by atoms with E-state index < -0.39 is 4.92 Å². The molecule has 9 nitrogen and oxygen atoms in total. The molecule has 1 saturated carbocycles. The third-order valence-corrected chi connectivity index (χ3v) is 6.50. The Morgan fingerprint density at radius 1 is 1.24 bits per heavy atom. The molecule has 2 fully saturated rings. The number of nitro benzene ring substituents is 1. The van der Waals surface area contributed by atoms with Gasteiger partial charge in [-0.3, -0.25) is 19.5 Å². The minimum atomic E-state index is -0.459. The SMILES string of the molecule is CNC(=O)c1ccc(Sc2nnc(N3CCC(C)CC3)n2C2CC2)c([N+](=O)[O-])c1. The normalized spacial score (nSPS) is 17.4. The van der Waals surface area contributed by atoms with Crippen LogP contribution in [-0.4, -0.2) is 45.7 Å². The zero-order valence-corrected chi connectivity index (χ0v) is 17.3. The fourth-order valence-electron chi connectivity index (χ4n) is 3.55. The smallest absolute Gasteiger partial charge is 0.284 e. The number of anilines is 1. The predicted octanol–water partition coefficient (Wildman–Crippen LogP) is 3.27. The van der Waals surface area contributed by atoms with Crippen molar-refractivity contribution >= 4 is 29.3 Å². The highest BCUT2D eigenvalue weighted by Crippen LogP contribution is 2.44. The highest BCUT2D eigenvalue weighted by Gasteiger charge is 2.33. The lowest BCUT2D eigenvalue weighted by atomic mass is 10.00. The second-order valence-corrected chi connectivity index (χ2v) is 8.68. The minimum absolute atomic E-state index is 0.102. The molecule has 1 amide bonds. The molecule has 10 heteroatoms. The van der Waals surface area contributed by atoms with E-state index in [9.17, 15) is 14.9 Å². The first-order chi connectivity index (χ1) is 14.0. The van der Waals surface area contributed by atoms with E-state index >= 15 is 0 Å². The van der Waals surface area contributed by atoms with Gasteiger partial charge in [0.05, 0.1) is 9.82 Å². The second-order valence-electron chi connectivity index (χ2n) is 7.67. The number of benzene rings is 1. The molecule has 0 spiro atoms. The highest BCUT2D eigenvalue weighted by atomic mass is 32.2. The Kier molecular flexibility index (Phi) is 5.44. The van der Waals surface area contributed by atoms with E-state index in [1.54, 1.807) is 12.1 Å². The van der Waals surface area contributed by atoms with Gasteiger partial charge in [-0.15, -0.1) is 10.2 Å². The summed E-state index contributed by atoms with van der Waals surface area (Å²) in [5, 5.41) is 23.6. The van der Waals surface area contributed by atoms with E-state index in [0.717, 1.165) is 50.6 Å². The maximum atomic E-state index is 11.8. The molecule has 1 N–H and O–H groups in total. The van der Waals surface area contributed by atoms with Gasteiger partial charge in [-0.2, -0.15) is 0 Å². The van der Waals surface area contributed by atoms with Gasteiger partial charge in [0, 0.05) is 37.8 Å². The van der Waals surface area contributed by atoms with Crippen LogP contribution in [0.1, 0.15) is 49.0 Å². The number of hydrogen-bond donors (Lipinski definition) is 1. The molecule has 2 aromatic rings. The summed E-state index contributed by atoms with van der Waals surface area (Å²) in [5.41, 5.74) is 0.158. The summed E-state index contributed by atoms with van der Waals surface area (Å²) >= 11 is 1.24. The number of hydrogen-bond acceptors (Lipinski definition) is 7. The molecule has 2 aliphatic rings. The Labute approximate surface area is 173 Å². The second kappa shape index (κ2) is 8.02. The average molecular weight is 417 g/mol. The van der Waals surface area contributed by atoms with Crippen molar-refractivity contribution in [2.24, 2.45) is 5.92 Å². The lowest BCUT2D eigenvalue weighted by Gasteiger charge is -2.31. The standard InChI is InChI=1S/C19H24N6O3S/c1-12-7-9-23(10-8-12)18-21-22-19(24(18)14-4-5-14)29-16-6-3-13(17(26)20-2)11-15(16)25(27)28/h3,6,11-12,14H,4-5,7-10H2,1-2H3,(H,20,26). The van der Waals surface area contributed by atoms with Gasteiger partial charge in [0.15, 0.2) is 5.16 Å². The molecular weight excluding hydrogens is 392 g/mol. The van der Waals surface area contributed by atoms with Crippen LogP contribution >= 0.6 is 11.8 Å². The van der Waals surface area contributed by atoms with E-state index in [2.05, 4.69) is 31.9 Å². The number of amides is 1. The summed E-state index contributed by atoms with van der Waals surface area (Å²) in [6.45, 7) is 4.18. The number of aromatic nitrogens is 3. The van der Waals surface area contributed by atoms with Gasteiger partial charge in [0.1, 0.15) is 0 Å². The van der Waals surface area contributed by atoms with Gasteiger partial charge in [-0.25, -0.2) is 0 Å². The molecule has 1 aliphatic heterocycles. The summed E-state index contributed by atoms with van der Waals surface area (Å²) in [4.78, 5) is 25.7. The van der Waals surface area contributed by atoms with Crippen LogP contribution in [0.3, 0.4) is 0 Å². The van der Waals surface area contributed by atoms with Gasteiger partial charge < -0.3 is 10.2 Å². The Bertz CT molecular complexity index is 934. The Hall–Kier alpha value is -2.62. The number of carbonyl (C=O) groups excluding carboxylic acids is 1. The van der Waals surface area contributed by atoms with E-state index in [4.69, 9.17) is 0 Å². The summed E-state index contributed by atoms with van der Waals surface area (Å²) in [5.74, 6) is 1.23. The van der Waals surface area contributed by atoms with Crippen molar-refractivity contribution in [3.8, 4) is 0 Å². The van der Waals surface area contributed by atoms with E-state index in [1.165, 1.54) is 24.9 Å². The summed E-state index contributed by atoms with van der Waals surface area (Å²) in [6, 6.07) is 4.87. The molecule has 0 bridgehead atoms. The topological polar surface area (TPSA) is 106 Å². The molecule has 4 rings (SSSR count). The first-order valence-corrected chi connectivity index (χ1v) is 10.7. The van der Waals surface area contributed by atoms with Crippen molar-refractivity contribution in [3.05, 3.63) is 33.9 Å². The molecule has 29 heavy (non-hydrogen) atoms. The van der Waals surface area contributed by atoms with Crippen LogP contribution < -0.4 is 10.2 Å². The maximum Gasteiger partial charge on any atom is 0.284 e. The zero-order chi connectivity index (χ0) is 20.5. The van der Waals surface area contributed by atoms with E-state index in [0.29, 0.717) is 16.1 Å². The molecule has 154 valence electrons. The highest BCUT2D eigenvalue weighted by molar-refractivity contribution is 7.99. The first-order valence-electron chi connectivity index (χ1n) is 9.86. The molecular formula is C19H24N6O3S. The van der Waals surface area contributed by atoms with Crippen LogP contribution in [0.25, 0.3) is 0 Å². The summed E-state index contributed by atoms with van der Waals surface area (Å²) in [7, 11) is 1.50. The zero-order valence-electron chi connectivity index (χ0n) is 16.5. The van der Waals surface area contributed by atoms with Crippen molar-refractivity contribution in [1.82, 2.24) is 20.1 Å². The van der Waals surface area contributed by atoms with Crippen molar-refractivity contribution in [2.45, 2.75) is 48.7 Å². The van der Waals surface area contributed by atoms with Gasteiger partial charge in [0.2, 0.25) is 5.95 Å². The van der Waals surface area contributed by atoms with Crippen molar-refractivity contribution in [2.75, 3.05) is 25.0 Å². The molecule has 0 unspecified atom stereocenters. The monoisotopic (exact) mass is 416 g/mol. The maximum absolute atomic E-state index is 11.8. The van der Waals surface area contributed by atoms with Crippen LogP contribution in [-0.2, 0) is 0 Å². The van der Waals surface area contributed by atoms with E-state index in [1.807, 2.05) is 0 Å². The van der Waals surface area contributed by atoms with Gasteiger partial charge in [-0.1, -0.05) is 6.92 Å². The van der Waals surface area contributed by atoms with Crippen LogP contribution in [0, 0.1) is 16.0 Å². The van der Waals surface area contributed by atoms with Crippen LogP contribution in [0.5, 0.6) is 0 Å². The molecule has 1 saturated heterocycles. The van der Waals surface area contributed by atoms with Gasteiger partial charge in [0.25, 0.3) is 11.6 Å². The predicted molar refractivity (Wildman–Crippen MR) is 110 cm³/mol. The third-order valence-electron chi connectivity index (χ3n) is 5.47. The molecule has 0 radical (unpaired) electrons. The lowest BCUT2D eigenvalue weighted by molar-refractivity contribution is -0.387. The van der Waals surface area contributed by atoms with Crippen molar-refractivity contribution in [1.29, 1.82) is 0 Å². The van der Waals surface area contributed by atoms with Gasteiger partial charge in [-0.05, 0) is 55.5 Å². The average Bonchev–Trinajstić information content (AvgIpc) is 3.48. The summed E-state index contributed by atoms with van der Waals surface area (Å²) in [6.07, 6.45) is 4.40. The number of piperidine rings is 1. The molecule has 1 aliphatic carbocycles. The fraction of sp³-hybridized carbons (Fsp3) is 0.526. The Morgan fingerprint density at radius 2 is 1.97 bits per heavy atom. The largest absolute Gasteiger partial charge is 0.355 e. The number of nitro groups is 1. The van der Waals surface area contributed by atoms with Crippen LogP contribution in [0.4, 0.5) is 11.6 Å². The Balaban J connectivity index is 1.64. The number of carbonyl (C=O) groups is 1. The number of rotatable bonds is 6. The fourth-order valence-corrected chi connectivity index (χ4v) is 4.53. The molecule has 1 aromatic carbocycles. The summed E-state index contributed by atoms with van der Waals surface area (Å²) < 4.78 is 2.14. The van der Waals surface area contributed by atoms with E-state index in [-0.39, 0.29) is 17.2 Å². The van der Waals surface area contributed by atoms with Crippen molar-refractivity contribution < 1.29 is 9.72 Å². The third kappa shape index (κ3) is 4.07. The Morgan fingerprint density at radius 3 is 2.59 bits per heavy atom. The number of nitrogens with one attached hydrogen (secondary N) is 1.